The van der Waals surface area contributed by atoms with Crippen LogP contribution in [-0.4, -0.2) is 16.7 Å². The molecule has 0 atom stereocenters. The topological polar surface area (TPSA) is 54.1 Å². The van der Waals surface area contributed by atoms with E-state index in [1.165, 1.54) is 12.1 Å². The molecule has 0 aliphatic heterocycles. The molecule has 0 aliphatic carbocycles. The molecular weight excluding hydrogens is 319 g/mol. The van der Waals surface area contributed by atoms with Gasteiger partial charge in [-0.2, -0.15) is 0 Å². The second kappa shape index (κ2) is 6.59. The largest absolute Gasteiger partial charge is 0.444 e. The first kappa shape index (κ1) is 17.0. The van der Waals surface area contributed by atoms with Crippen LogP contribution in [0, 0.1) is 5.82 Å². The Morgan fingerprint density at radius 1 is 1.08 bits per heavy atom. The van der Waals surface area contributed by atoms with Gasteiger partial charge in [0.2, 0.25) is 0 Å². The van der Waals surface area contributed by atoms with E-state index in [4.69, 9.17) is 4.74 Å². The molecule has 0 spiro atoms. The fourth-order valence-electron chi connectivity index (χ4n) is 2.59. The molecule has 1 aromatic heterocycles. The lowest BCUT2D eigenvalue weighted by atomic mass is 10.0. The molecule has 25 heavy (non-hydrogen) atoms. The highest BCUT2D eigenvalue weighted by molar-refractivity contribution is 5.86. The normalized spacial score (nSPS) is 11.5. The molecule has 0 radical (unpaired) electrons. The minimum absolute atomic E-state index is 0.248. The van der Waals surface area contributed by atoms with E-state index in [-0.39, 0.29) is 5.82 Å². The number of amides is 1. The number of ether oxygens (including phenoxy) is 1. The van der Waals surface area contributed by atoms with Gasteiger partial charge in [0.25, 0.3) is 0 Å². The number of rotatable bonds is 3. The van der Waals surface area contributed by atoms with Gasteiger partial charge in [-0.25, -0.2) is 9.18 Å². The van der Waals surface area contributed by atoms with Gasteiger partial charge in [0.15, 0.2) is 0 Å². The maximum Gasteiger partial charge on any atom is 0.407 e. The standard InChI is InChI=1S/C20H21FN2O2/c1-20(2,3)25-19(24)22-12-17-11-15-10-14(6-9-18(15)23-17)13-4-7-16(21)8-5-13/h4-11,23H,12H2,1-3H3,(H,22,24). The molecule has 0 fully saturated rings. The lowest BCUT2D eigenvalue weighted by Gasteiger charge is -2.19. The molecule has 5 heteroatoms. The van der Waals surface area contributed by atoms with Crippen LogP contribution in [0.25, 0.3) is 22.0 Å². The van der Waals surface area contributed by atoms with E-state index in [0.29, 0.717) is 6.54 Å². The summed E-state index contributed by atoms with van der Waals surface area (Å²) >= 11 is 0. The molecule has 0 aliphatic rings. The van der Waals surface area contributed by atoms with Crippen LogP contribution in [0.4, 0.5) is 9.18 Å². The van der Waals surface area contributed by atoms with Crippen molar-refractivity contribution < 1.29 is 13.9 Å². The van der Waals surface area contributed by atoms with Gasteiger partial charge < -0.3 is 15.0 Å². The predicted octanol–water partition coefficient (Wildman–Crippen LogP) is 5.00. The van der Waals surface area contributed by atoms with Gasteiger partial charge in [-0.15, -0.1) is 0 Å². The summed E-state index contributed by atoms with van der Waals surface area (Å²) in [6.45, 7) is 5.83. The quantitative estimate of drug-likeness (QED) is 0.705. The third-order valence-corrected chi connectivity index (χ3v) is 3.68. The first-order valence-electron chi connectivity index (χ1n) is 8.15. The van der Waals surface area contributed by atoms with Gasteiger partial charge in [-0.3, -0.25) is 0 Å². The Bertz CT molecular complexity index is 892. The second-order valence-corrected chi connectivity index (χ2v) is 6.96. The van der Waals surface area contributed by atoms with Crippen molar-refractivity contribution in [2.75, 3.05) is 0 Å². The van der Waals surface area contributed by atoms with Crippen molar-refractivity contribution in [2.24, 2.45) is 0 Å². The molecular formula is C20H21FN2O2. The maximum absolute atomic E-state index is 13.1. The highest BCUT2D eigenvalue weighted by Gasteiger charge is 2.16. The molecule has 0 saturated carbocycles. The number of aromatic nitrogens is 1. The van der Waals surface area contributed by atoms with E-state index < -0.39 is 11.7 Å². The first-order valence-corrected chi connectivity index (χ1v) is 8.15. The highest BCUT2D eigenvalue weighted by atomic mass is 19.1. The Morgan fingerprint density at radius 2 is 1.76 bits per heavy atom. The summed E-state index contributed by atoms with van der Waals surface area (Å²) in [4.78, 5) is 15.0. The molecule has 4 nitrogen and oxygen atoms in total. The summed E-state index contributed by atoms with van der Waals surface area (Å²) in [5.74, 6) is -0.248. The Kier molecular flexibility index (Phi) is 4.49. The number of hydrogen-bond donors (Lipinski definition) is 2. The third kappa shape index (κ3) is 4.38. The molecule has 0 unspecified atom stereocenters. The summed E-state index contributed by atoms with van der Waals surface area (Å²) in [5.41, 5.74) is 3.31. The van der Waals surface area contributed by atoms with Crippen LogP contribution in [0.15, 0.2) is 48.5 Å². The molecule has 1 amide bonds. The smallest absolute Gasteiger partial charge is 0.407 e. The first-order chi connectivity index (χ1) is 11.8. The lowest BCUT2D eigenvalue weighted by Crippen LogP contribution is -2.32. The number of hydrogen-bond acceptors (Lipinski definition) is 2. The Hall–Kier alpha value is -2.82. The summed E-state index contributed by atoms with van der Waals surface area (Å²) in [7, 11) is 0. The monoisotopic (exact) mass is 340 g/mol. The minimum atomic E-state index is -0.519. The van der Waals surface area contributed by atoms with Crippen molar-refractivity contribution in [2.45, 2.75) is 32.9 Å². The van der Waals surface area contributed by atoms with Crippen molar-refractivity contribution in [3.05, 3.63) is 60.0 Å². The fraction of sp³-hybridized carbons (Fsp3) is 0.250. The number of alkyl carbamates (subject to hydrolysis) is 1. The zero-order valence-corrected chi connectivity index (χ0v) is 14.5. The third-order valence-electron chi connectivity index (χ3n) is 3.68. The Balaban J connectivity index is 1.74. The number of fused-ring (bicyclic) bond motifs is 1. The van der Waals surface area contributed by atoms with Crippen molar-refractivity contribution in [1.82, 2.24) is 10.3 Å². The van der Waals surface area contributed by atoms with E-state index in [0.717, 1.165) is 27.7 Å². The van der Waals surface area contributed by atoms with E-state index in [1.807, 2.05) is 45.0 Å². The van der Waals surface area contributed by atoms with Crippen molar-refractivity contribution in [3.63, 3.8) is 0 Å². The van der Waals surface area contributed by atoms with Crippen molar-refractivity contribution >= 4 is 17.0 Å². The molecule has 2 N–H and O–H groups in total. The van der Waals surface area contributed by atoms with Crippen molar-refractivity contribution in [1.29, 1.82) is 0 Å². The zero-order chi connectivity index (χ0) is 18.0. The molecule has 0 bridgehead atoms. The molecule has 2 aromatic carbocycles. The SMILES string of the molecule is CC(C)(C)OC(=O)NCc1cc2cc(-c3ccc(F)cc3)ccc2[nH]1. The number of nitrogens with one attached hydrogen (secondary N) is 2. The number of H-pyrrole nitrogens is 1. The second-order valence-electron chi connectivity index (χ2n) is 6.96. The van der Waals surface area contributed by atoms with Gasteiger partial charge in [0.05, 0.1) is 6.54 Å². The van der Waals surface area contributed by atoms with Crippen LogP contribution in [0.5, 0.6) is 0 Å². The number of benzene rings is 2. The lowest BCUT2D eigenvalue weighted by molar-refractivity contribution is 0.0523. The summed E-state index contributed by atoms with van der Waals surface area (Å²) < 4.78 is 18.3. The molecule has 130 valence electrons. The maximum atomic E-state index is 13.1. The van der Waals surface area contributed by atoms with E-state index >= 15 is 0 Å². The predicted molar refractivity (Wildman–Crippen MR) is 96.8 cm³/mol. The van der Waals surface area contributed by atoms with Crippen LogP contribution in [0.3, 0.4) is 0 Å². The number of carbonyl (C=O) groups excluding carboxylic acids is 1. The highest BCUT2D eigenvalue weighted by Crippen LogP contribution is 2.25. The number of carbonyl (C=O) groups is 1. The van der Waals surface area contributed by atoms with Gasteiger partial charge >= 0.3 is 6.09 Å². The van der Waals surface area contributed by atoms with E-state index in [9.17, 15) is 9.18 Å². The van der Waals surface area contributed by atoms with Gasteiger partial charge in [-0.1, -0.05) is 18.2 Å². The van der Waals surface area contributed by atoms with Crippen LogP contribution in [0.1, 0.15) is 26.5 Å². The Morgan fingerprint density at radius 3 is 2.44 bits per heavy atom. The van der Waals surface area contributed by atoms with Gasteiger partial charge in [0.1, 0.15) is 11.4 Å². The summed E-state index contributed by atoms with van der Waals surface area (Å²) in [6, 6.07) is 14.4. The van der Waals surface area contributed by atoms with Crippen molar-refractivity contribution in [3.8, 4) is 11.1 Å². The van der Waals surface area contributed by atoms with Crippen LogP contribution in [-0.2, 0) is 11.3 Å². The van der Waals surface area contributed by atoms with E-state index in [2.05, 4.69) is 10.3 Å². The molecule has 3 rings (SSSR count). The Labute approximate surface area is 146 Å². The number of halogens is 1. The van der Waals surface area contributed by atoms with Crippen LogP contribution >= 0.6 is 0 Å². The average Bonchev–Trinajstić information content (AvgIpc) is 2.94. The van der Waals surface area contributed by atoms with E-state index in [1.54, 1.807) is 12.1 Å². The van der Waals surface area contributed by atoms with Crippen LogP contribution in [0.2, 0.25) is 0 Å². The van der Waals surface area contributed by atoms with Gasteiger partial charge in [-0.05, 0) is 62.2 Å². The molecule has 0 saturated heterocycles. The fourth-order valence-corrected chi connectivity index (χ4v) is 2.59. The zero-order valence-electron chi connectivity index (χ0n) is 14.5. The number of aromatic amines is 1. The average molecular weight is 340 g/mol. The van der Waals surface area contributed by atoms with Crippen LogP contribution < -0.4 is 5.32 Å². The summed E-state index contributed by atoms with van der Waals surface area (Å²) in [5, 5.41) is 3.77. The molecule has 1 heterocycles. The van der Waals surface area contributed by atoms with Gasteiger partial charge in [0, 0.05) is 16.6 Å². The summed E-state index contributed by atoms with van der Waals surface area (Å²) in [6.07, 6.45) is -0.446. The molecule has 3 aromatic rings. The minimum Gasteiger partial charge on any atom is -0.444 e.